The van der Waals surface area contributed by atoms with Crippen LogP contribution in [0, 0.1) is 6.92 Å². The van der Waals surface area contributed by atoms with Gasteiger partial charge in [-0.2, -0.15) is 0 Å². The third-order valence-corrected chi connectivity index (χ3v) is 7.05. The second-order valence-corrected chi connectivity index (χ2v) is 10.7. The van der Waals surface area contributed by atoms with Crippen LogP contribution in [0.25, 0.3) is 6.08 Å². The van der Waals surface area contributed by atoms with Crippen molar-refractivity contribution in [2.45, 2.75) is 13.5 Å². The van der Waals surface area contributed by atoms with Gasteiger partial charge >= 0.3 is 6.03 Å². The first kappa shape index (κ1) is 27.2. The van der Waals surface area contributed by atoms with Crippen molar-refractivity contribution in [3.63, 3.8) is 0 Å². The normalized spacial score (nSPS) is 14.2. The summed E-state index contributed by atoms with van der Waals surface area (Å²) in [6.07, 6.45) is 1.52. The van der Waals surface area contributed by atoms with E-state index in [2.05, 4.69) is 42.5 Å². The van der Waals surface area contributed by atoms with Crippen molar-refractivity contribution < 1.29 is 19.1 Å². The number of amides is 4. The lowest BCUT2D eigenvalue weighted by molar-refractivity contribution is -0.127. The van der Waals surface area contributed by atoms with E-state index in [9.17, 15) is 14.4 Å². The zero-order valence-corrected chi connectivity index (χ0v) is 24.0. The van der Waals surface area contributed by atoms with E-state index in [0.29, 0.717) is 36.0 Å². The molecule has 7 nitrogen and oxygen atoms in total. The van der Waals surface area contributed by atoms with Gasteiger partial charge in [-0.05, 0) is 92.4 Å². The van der Waals surface area contributed by atoms with E-state index in [1.165, 1.54) is 6.08 Å². The first-order valence-corrected chi connectivity index (χ1v) is 13.2. The van der Waals surface area contributed by atoms with Gasteiger partial charge in [-0.15, -0.1) is 0 Å². The number of carbonyl (C=O) groups excluding carboxylic acids is 3. The Kier molecular flexibility index (Phi) is 8.59. The number of hydrogen-bond donors (Lipinski definition) is 2. The summed E-state index contributed by atoms with van der Waals surface area (Å²) in [7, 11) is 0. The van der Waals surface area contributed by atoms with Crippen molar-refractivity contribution in [1.29, 1.82) is 0 Å². The third kappa shape index (κ3) is 6.73. The van der Waals surface area contributed by atoms with E-state index in [1.54, 1.807) is 48.5 Å². The van der Waals surface area contributed by atoms with Crippen LogP contribution in [0.5, 0.6) is 5.75 Å². The molecule has 1 aliphatic rings. The lowest BCUT2D eigenvalue weighted by Crippen LogP contribution is -2.38. The van der Waals surface area contributed by atoms with Gasteiger partial charge in [0.05, 0.1) is 8.95 Å². The number of ether oxygens (including phenoxy) is 1. The molecule has 4 amide bonds. The van der Waals surface area contributed by atoms with Gasteiger partial charge in [0, 0.05) is 21.3 Å². The van der Waals surface area contributed by atoms with Gasteiger partial charge in [0.1, 0.15) is 24.6 Å². The topological polar surface area (TPSA) is 87.7 Å². The number of aryl methyl sites for hydroxylation is 1. The first-order valence-electron chi connectivity index (χ1n) is 10.9. The molecule has 0 unspecified atom stereocenters. The number of rotatable bonds is 7. The fourth-order valence-electron chi connectivity index (χ4n) is 3.54. The highest BCUT2D eigenvalue weighted by Gasteiger charge is 2.35. The van der Waals surface area contributed by atoms with Gasteiger partial charge in [-0.3, -0.25) is 9.59 Å². The Morgan fingerprint density at radius 2 is 1.81 bits per heavy atom. The molecule has 1 fully saturated rings. The number of anilines is 1. The minimum absolute atomic E-state index is 0.0498. The Hall–Kier alpha value is -2.85. The molecular formula is C26H19Br2Cl2N3O4. The molecule has 3 aromatic carbocycles. The molecule has 11 heteroatoms. The van der Waals surface area contributed by atoms with Gasteiger partial charge in [0.25, 0.3) is 5.91 Å². The molecule has 0 aromatic heterocycles. The molecule has 2 N–H and O–H groups in total. The molecule has 3 aromatic rings. The Labute approximate surface area is 240 Å². The van der Waals surface area contributed by atoms with E-state index >= 15 is 0 Å². The van der Waals surface area contributed by atoms with Crippen LogP contribution in [0.4, 0.5) is 10.5 Å². The van der Waals surface area contributed by atoms with Gasteiger partial charge < -0.3 is 15.4 Å². The minimum atomic E-state index is -0.673. The standard InChI is InChI=1S/C26H19Br2Cl2N3O4/c1-14-3-2-4-18(7-14)31-23(34)12-33-25(35)22(32-26(33)36)10-15-8-19(27)24(20(28)9-15)37-13-16-5-6-17(29)11-21(16)30/h2-11H,12-13H2,1H3,(H,31,34)(H,32,36)/b22-10+. The van der Waals surface area contributed by atoms with E-state index in [1.807, 2.05) is 13.0 Å². The van der Waals surface area contributed by atoms with Crippen LogP contribution in [0.15, 0.2) is 69.2 Å². The first-order chi connectivity index (χ1) is 17.6. The molecule has 4 rings (SSSR count). The van der Waals surface area contributed by atoms with Crippen LogP contribution < -0.4 is 15.4 Å². The second-order valence-electron chi connectivity index (χ2n) is 8.14. The average molecular weight is 668 g/mol. The summed E-state index contributed by atoms with van der Waals surface area (Å²) in [6.45, 7) is 1.69. The summed E-state index contributed by atoms with van der Waals surface area (Å²) in [4.78, 5) is 38.5. The van der Waals surface area contributed by atoms with E-state index in [-0.39, 0.29) is 12.3 Å². The predicted molar refractivity (Wildman–Crippen MR) is 151 cm³/mol. The molecule has 0 bridgehead atoms. The Morgan fingerprint density at radius 3 is 2.49 bits per heavy atom. The maximum absolute atomic E-state index is 12.8. The number of nitrogens with zero attached hydrogens (tertiary/aromatic N) is 1. The van der Waals surface area contributed by atoms with Crippen LogP contribution in [0.2, 0.25) is 10.0 Å². The third-order valence-electron chi connectivity index (χ3n) is 5.28. The van der Waals surface area contributed by atoms with Crippen LogP contribution >= 0.6 is 55.1 Å². The quantitative estimate of drug-likeness (QED) is 0.211. The number of urea groups is 1. The fraction of sp³-hybridized carbons (Fsp3) is 0.115. The molecule has 190 valence electrons. The molecule has 0 radical (unpaired) electrons. The Balaban J connectivity index is 1.44. The van der Waals surface area contributed by atoms with Crippen LogP contribution in [0.1, 0.15) is 16.7 Å². The Bertz CT molecular complexity index is 1420. The molecule has 0 atom stereocenters. The summed E-state index contributed by atoms with van der Waals surface area (Å²) in [5.74, 6) is -0.554. The van der Waals surface area contributed by atoms with Crippen molar-refractivity contribution in [3.05, 3.63) is 96.0 Å². The van der Waals surface area contributed by atoms with Gasteiger partial charge in [-0.1, -0.05) is 41.4 Å². The summed E-state index contributed by atoms with van der Waals surface area (Å²) in [5.41, 5.74) is 2.99. The largest absolute Gasteiger partial charge is 0.486 e. The number of nitrogens with one attached hydrogen (secondary N) is 2. The molecule has 1 aliphatic heterocycles. The predicted octanol–water partition coefficient (Wildman–Crippen LogP) is 6.94. The summed E-state index contributed by atoms with van der Waals surface area (Å²) < 4.78 is 7.15. The van der Waals surface area contributed by atoms with E-state index in [4.69, 9.17) is 27.9 Å². The molecule has 0 aliphatic carbocycles. The van der Waals surface area contributed by atoms with Crippen molar-refractivity contribution in [2.24, 2.45) is 0 Å². The molecule has 0 spiro atoms. The van der Waals surface area contributed by atoms with Crippen LogP contribution in [0.3, 0.4) is 0 Å². The molecule has 1 heterocycles. The smallest absolute Gasteiger partial charge is 0.329 e. The zero-order valence-electron chi connectivity index (χ0n) is 19.3. The highest BCUT2D eigenvalue weighted by Crippen LogP contribution is 2.36. The van der Waals surface area contributed by atoms with E-state index in [0.717, 1.165) is 16.0 Å². The number of hydrogen-bond acceptors (Lipinski definition) is 4. The fourth-order valence-corrected chi connectivity index (χ4v) is 5.45. The van der Waals surface area contributed by atoms with Gasteiger partial charge in [0.15, 0.2) is 0 Å². The molecule has 37 heavy (non-hydrogen) atoms. The van der Waals surface area contributed by atoms with Crippen molar-refractivity contribution in [1.82, 2.24) is 10.2 Å². The zero-order chi connectivity index (χ0) is 26.7. The lowest BCUT2D eigenvalue weighted by atomic mass is 10.2. The summed E-state index contributed by atoms with van der Waals surface area (Å²) in [5, 5.41) is 6.24. The van der Waals surface area contributed by atoms with Crippen molar-refractivity contribution >= 4 is 84.7 Å². The molecule has 0 saturated carbocycles. The number of imide groups is 1. The average Bonchev–Trinajstić information content (AvgIpc) is 3.07. The Morgan fingerprint density at radius 1 is 1.08 bits per heavy atom. The number of carbonyl (C=O) groups is 3. The van der Waals surface area contributed by atoms with Crippen LogP contribution in [-0.2, 0) is 16.2 Å². The van der Waals surface area contributed by atoms with Crippen LogP contribution in [-0.4, -0.2) is 29.3 Å². The number of benzene rings is 3. The second kappa shape index (κ2) is 11.7. The maximum atomic E-state index is 12.8. The maximum Gasteiger partial charge on any atom is 0.329 e. The highest BCUT2D eigenvalue weighted by molar-refractivity contribution is 9.11. The summed E-state index contributed by atoms with van der Waals surface area (Å²) in [6, 6.07) is 15.2. The SMILES string of the molecule is Cc1cccc(NC(=O)CN2C(=O)N/C(=C/c3cc(Br)c(OCc4ccc(Cl)cc4Cl)c(Br)c3)C2=O)c1. The molecular weight excluding hydrogens is 649 g/mol. The summed E-state index contributed by atoms with van der Waals surface area (Å²) >= 11 is 19.1. The van der Waals surface area contributed by atoms with Crippen molar-refractivity contribution in [2.75, 3.05) is 11.9 Å². The minimum Gasteiger partial charge on any atom is -0.486 e. The lowest BCUT2D eigenvalue weighted by Gasteiger charge is -2.13. The van der Waals surface area contributed by atoms with Crippen molar-refractivity contribution in [3.8, 4) is 5.75 Å². The number of halogens is 4. The highest BCUT2D eigenvalue weighted by atomic mass is 79.9. The molecule has 1 saturated heterocycles. The monoisotopic (exact) mass is 665 g/mol. The van der Waals surface area contributed by atoms with Gasteiger partial charge in [-0.25, -0.2) is 9.69 Å². The van der Waals surface area contributed by atoms with E-state index < -0.39 is 24.4 Å². The van der Waals surface area contributed by atoms with Gasteiger partial charge in [0.2, 0.25) is 5.91 Å².